The van der Waals surface area contributed by atoms with Crippen LogP contribution in [0.1, 0.15) is 29.6 Å². The molecule has 3 heterocycles. The van der Waals surface area contributed by atoms with Crippen molar-refractivity contribution >= 4 is 5.91 Å². The monoisotopic (exact) mass is 389 g/mol. The molecule has 0 aliphatic carbocycles. The molecule has 0 bridgehead atoms. The number of fused-ring (bicyclic) bond motifs is 1. The molecule has 0 saturated carbocycles. The van der Waals surface area contributed by atoms with Gasteiger partial charge in [0.1, 0.15) is 18.9 Å². The number of amides is 1. The van der Waals surface area contributed by atoms with Gasteiger partial charge in [0.15, 0.2) is 11.5 Å². The highest BCUT2D eigenvalue weighted by molar-refractivity contribution is 6.00. The van der Waals surface area contributed by atoms with E-state index in [1.54, 1.807) is 4.68 Å². The van der Waals surface area contributed by atoms with Crippen LogP contribution in [0.25, 0.3) is 16.9 Å². The maximum Gasteiger partial charge on any atom is 0.257 e. The Morgan fingerprint density at radius 2 is 1.66 bits per heavy atom. The summed E-state index contributed by atoms with van der Waals surface area (Å²) in [7, 11) is 0. The Labute approximate surface area is 169 Å². The first-order valence-electron chi connectivity index (χ1n) is 10.1. The van der Waals surface area contributed by atoms with Gasteiger partial charge in [0, 0.05) is 24.8 Å². The zero-order valence-corrected chi connectivity index (χ0v) is 16.2. The molecule has 0 N–H and O–H groups in total. The maximum absolute atomic E-state index is 13.3. The van der Waals surface area contributed by atoms with Crippen molar-refractivity contribution in [2.45, 2.75) is 19.3 Å². The summed E-state index contributed by atoms with van der Waals surface area (Å²) in [5.41, 5.74) is 3.06. The fraction of sp³-hybridized carbons (Fsp3) is 0.304. The maximum atomic E-state index is 13.3. The van der Waals surface area contributed by atoms with E-state index in [1.165, 1.54) is 6.42 Å². The molecule has 0 radical (unpaired) electrons. The normalized spacial score (nSPS) is 15.9. The Bertz CT molecular complexity index is 1020. The fourth-order valence-electron chi connectivity index (χ4n) is 3.91. The topological polar surface area (TPSA) is 56.6 Å². The zero-order valence-electron chi connectivity index (χ0n) is 16.2. The van der Waals surface area contributed by atoms with Crippen LogP contribution in [-0.4, -0.2) is 46.9 Å². The first-order valence-corrected chi connectivity index (χ1v) is 10.1. The number of piperidine rings is 1. The van der Waals surface area contributed by atoms with Crippen LogP contribution in [0.15, 0.2) is 54.7 Å². The summed E-state index contributed by atoms with van der Waals surface area (Å²) in [4.78, 5) is 15.3. The molecule has 5 rings (SSSR count). The minimum absolute atomic E-state index is 0.0387. The number of hydrogen-bond acceptors (Lipinski definition) is 4. The predicted octanol–water partition coefficient (Wildman–Crippen LogP) is 3.94. The standard InChI is InChI=1S/C23H23N3O3/c27-23(25-11-5-2-6-12-25)19-16-26(18-7-3-1-4-8-18)24-22(19)17-9-10-20-21(15-17)29-14-13-28-20/h1,3-4,7-10,15-16H,2,5-6,11-14H2. The highest BCUT2D eigenvalue weighted by Crippen LogP contribution is 2.35. The van der Waals surface area contributed by atoms with Gasteiger partial charge in [0.2, 0.25) is 0 Å². The lowest BCUT2D eigenvalue weighted by Gasteiger charge is -2.26. The molecule has 2 aromatic carbocycles. The van der Waals surface area contributed by atoms with Gasteiger partial charge >= 0.3 is 0 Å². The lowest BCUT2D eigenvalue weighted by Crippen LogP contribution is -2.35. The molecule has 3 aromatic rings. The molecule has 0 unspecified atom stereocenters. The highest BCUT2D eigenvalue weighted by atomic mass is 16.6. The Balaban J connectivity index is 1.59. The van der Waals surface area contributed by atoms with Crippen LogP contribution in [0.3, 0.4) is 0 Å². The third-order valence-corrected chi connectivity index (χ3v) is 5.42. The predicted molar refractivity (Wildman–Crippen MR) is 110 cm³/mol. The molecule has 2 aliphatic rings. The van der Waals surface area contributed by atoms with Crippen molar-refractivity contribution in [1.82, 2.24) is 14.7 Å². The molecule has 6 nitrogen and oxygen atoms in total. The molecular weight excluding hydrogens is 366 g/mol. The van der Waals surface area contributed by atoms with E-state index in [4.69, 9.17) is 14.6 Å². The summed E-state index contributed by atoms with van der Waals surface area (Å²) >= 11 is 0. The SMILES string of the molecule is O=C(c1cn(-c2ccccc2)nc1-c1ccc2c(c1)OCCO2)N1CCCCC1. The molecule has 0 spiro atoms. The highest BCUT2D eigenvalue weighted by Gasteiger charge is 2.25. The third kappa shape index (κ3) is 3.46. The molecule has 1 fully saturated rings. The van der Waals surface area contributed by atoms with Crippen molar-refractivity contribution < 1.29 is 14.3 Å². The zero-order chi connectivity index (χ0) is 19.6. The van der Waals surface area contributed by atoms with Crippen molar-refractivity contribution in [3.63, 3.8) is 0 Å². The number of nitrogens with zero attached hydrogens (tertiary/aromatic N) is 3. The van der Waals surface area contributed by atoms with Gasteiger partial charge in [0.05, 0.1) is 11.3 Å². The number of carbonyl (C=O) groups is 1. The first kappa shape index (κ1) is 17.8. The van der Waals surface area contributed by atoms with E-state index >= 15 is 0 Å². The van der Waals surface area contributed by atoms with Crippen LogP contribution < -0.4 is 9.47 Å². The number of benzene rings is 2. The van der Waals surface area contributed by atoms with Gasteiger partial charge in [-0.1, -0.05) is 18.2 Å². The van der Waals surface area contributed by atoms with Crippen LogP contribution in [0.2, 0.25) is 0 Å². The number of para-hydroxylation sites is 1. The molecule has 29 heavy (non-hydrogen) atoms. The third-order valence-electron chi connectivity index (χ3n) is 5.42. The van der Waals surface area contributed by atoms with Gasteiger partial charge in [-0.15, -0.1) is 0 Å². The number of aromatic nitrogens is 2. The summed E-state index contributed by atoms with van der Waals surface area (Å²) in [6.45, 7) is 2.67. The average molecular weight is 389 g/mol. The Morgan fingerprint density at radius 3 is 2.45 bits per heavy atom. The van der Waals surface area contributed by atoms with Crippen molar-refractivity contribution in [3.05, 3.63) is 60.3 Å². The van der Waals surface area contributed by atoms with E-state index in [0.717, 1.165) is 42.9 Å². The van der Waals surface area contributed by atoms with Crippen LogP contribution in [0, 0.1) is 0 Å². The molecule has 6 heteroatoms. The van der Waals surface area contributed by atoms with Gasteiger partial charge in [-0.25, -0.2) is 4.68 Å². The molecular formula is C23H23N3O3. The van der Waals surface area contributed by atoms with Crippen molar-refractivity contribution in [3.8, 4) is 28.4 Å². The number of carbonyl (C=O) groups excluding carboxylic acids is 1. The van der Waals surface area contributed by atoms with Crippen molar-refractivity contribution in [2.75, 3.05) is 26.3 Å². The van der Waals surface area contributed by atoms with Gasteiger partial charge in [0.25, 0.3) is 5.91 Å². The Hall–Kier alpha value is -3.28. The summed E-state index contributed by atoms with van der Waals surface area (Å²) in [6.07, 6.45) is 5.14. The van der Waals surface area contributed by atoms with Gasteiger partial charge in [-0.3, -0.25) is 4.79 Å². The molecule has 1 amide bonds. The number of ether oxygens (including phenoxy) is 2. The summed E-state index contributed by atoms with van der Waals surface area (Å²) in [6, 6.07) is 15.6. The summed E-state index contributed by atoms with van der Waals surface area (Å²) in [5, 5.41) is 4.79. The minimum Gasteiger partial charge on any atom is -0.486 e. The van der Waals surface area contributed by atoms with Crippen LogP contribution >= 0.6 is 0 Å². The first-order chi connectivity index (χ1) is 14.3. The van der Waals surface area contributed by atoms with E-state index in [9.17, 15) is 4.79 Å². The second kappa shape index (κ2) is 7.62. The van der Waals surface area contributed by atoms with E-state index in [0.29, 0.717) is 30.2 Å². The molecule has 1 saturated heterocycles. The van der Waals surface area contributed by atoms with E-state index in [-0.39, 0.29) is 5.91 Å². The fourth-order valence-corrected chi connectivity index (χ4v) is 3.91. The molecule has 0 atom stereocenters. The van der Waals surface area contributed by atoms with E-state index in [1.807, 2.05) is 59.6 Å². The van der Waals surface area contributed by atoms with E-state index in [2.05, 4.69) is 0 Å². The average Bonchev–Trinajstić information content (AvgIpc) is 3.25. The van der Waals surface area contributed by atoms with Crippen LogP contribution in [0.5, 0.6) is 11.5 Å². The van der Waals surface area contributed by atoms with Gasteiger partial charge < -0.3 is 14.4 Å². The van der Waals surface area contributed by atoms with Crippen molar-refractivity contribution in [1.29, 1.82) is 0 Å². The number of likely N-dealkylation sites (tertiary alicyclic amines) is 1. The van der Waals surface area contributed by atoms with Crippen molar-refractivity contribution in [2.24, 2.45) is 0 Å². The van der Waals surface area contributed by atoms with Gasteiger partial charge in [-0.2, -0.15) is 5.10 Å². The van der Waals surface area contributed by atoms with Gasteiger partial charge in [-0.05, 0) is 49.6 Å². The summed E-state index contributed by atoms with van der Waals surface area (Å²) in [5.74, 6) is 1.46. The van der Waals surface area contributed by atoms with E-state index < -0.39 is 0 Å². The molecule has 2 aliphatic heterocycles. The Kier molecular flexibility index (Phi) is 4.68. The Morgan fingerprint density at radius 1 is 0.897 bits per heavy atom. The van der Waals surface area contributed by atoms with Crippen LogP contribution in [-0.2, 0) is 0 Å². The minimum atomic E-state index is 0.0387. The lowest BCUT2D eigenvalue weighted by molar-refractivity contribution is 0.0725. The second-order valence-electron chi connectivity index (χ2n) is 7.38. The number of hydrogen-bond donors (Lipinski definition) is 0. The second-order valence-corrected chi connectivity index (χ2v) is 7.38. The van der Waals surface area contributed by atoms with Crippen LogP contribution in [0.4, 0.5) is 0 Å². The molecule has 148 valence electrons. The lowest BCUT2D eigenvalue weighted by atomic mass is 10.0. The smallest absolute Gasteiger partial charge is 0.257 e. The quantitative estimate of drug-likeness (QED) is 0.681. The number of rotatable bonds is 3. The molecule has 1 aromatic heterocycles. The summed E-state index contributed by atoms with van der Waals surface area (Å²) < 4.78 is 13.2. The largest absolute Gasteiger partial charge is 0.486 e.